The molecule has 0 radical (unpaired) electrons. The number of nitrogens with two attached hydrogens (primary N) is 1. The van der Waals surface area contributed by atoms with E-state index in [1.165, 1.54) is 36.4 Å². The minimum atomic E-state index is -1.09. The lowest BCUT2D eigenvalue weighted by Gasteiger charge is -2.06. The summed E-state index contributed by atoms with van der Waals surface area (Å²) >= 11 is 0. The van der Waals surface area contributed by atoms with Crippen LogP contribution in [-0.2, 0) is 16.1 Å². The quantitative estimate of drug-likeness (QED) is 0.323. The summed E-state index contributed by atoms with van der Waals surface area (Å²) in [5.41, 5.74) is 6.34. The van der Waals surface area contributed by atoms with E-state index >= 15 is 0 Å². The number of hydrogen-bond acceptors (Lipinski definition) is 6. The van der Waals surface area contributed by atoms with Gasteiger partial charge in [0.1, 0.15) is 18.2 Å². The monoisotopic (exact) mass is 373 g/mol. The summed E-state index contributed by atoms with van der Waals surface area (Å²) in [7, 11) is 0. The Bertz CT molecular complexity index is 878. The number of aliphatic carboxylic acids is 1. The first kappa shape index (κ1) is 19.4. The normalized spacial score (nSPS) is 10.9. The number of carbonyl (C=O) groups is 2. The molecular formula is C17H15N3O7. The van der Waals surface area contributed by atoms with Crippen LogP contribution in [0.25, 0.3) is 0 Å². The molecule has 2 rings (SSSR count). The maximum Gasteiger partial charge on any atom is 0.435 e. The molecule has 3 N–H and O–H groups in total. The molecule has 0 bridgehead atoms. The molecule has 0 saturated heterocycles. The summed E-state index contributed by atoms with van der Waals surface area (Å²) in [6.45, 7) is -0.552. The van der Waals surface area contributed by atoms with Crippen molar-refractivity contribution in [3.05, 3.63) is 69.8 Å². The van der Waals surface area contributed by atoms with Crippen LogP contribution < -0.4 is 10.5 Å². The van der Waals surface area contributed by atoms with Gasteiger partial charge in [0, 0.05) is 17.7 Å². The van der Waals surface area contributed by atoms with E-state index in [0.29, 0.717) is 11.3 Å². The third-order valence-electron chi connectivity index (χ3n) is 3.21. The van der Waals surface area contributed by atoms with E-state index < -0.39 is 23.6 Å². The Hall–Kier alpha value is -3.95. The molecule has 0 spiro atoms. The van der Waals surface area contributed by atoms with Crippen LogP contribution in [0.2, 0.25) is 0 Å². The number of carboxylic acid groups (broad SMARTS) is 1. The van der Waals surface area contributed by atoms with Crippen LogP contribution in [-0.4, -0.2) is 34.5 Å². The van der Waals surface area contributed by atoms with Crippen molar-refractivity contribution in [1.29, 1.82) is 0 Å². The molecule has 0 atom stereocenters. The number of amidine groups is 1. The van der Waals surface area contributed by atoms with Gasteiger partial charge in [0.05, 0.1) is 4.92 Å². The molecule has 0 unspecified atom stereocenters. The van der Waals surface area contributed by atoms with Gasteiger partial charge in [-0.25, -0.2) is 9.59 Å². The van der Waals surface area contributed by atoms with E-state index in [2.05, 4.69) is 4.99 Å². The minimum absolute atomic E-state index is 0.0935. The molecule has 2 aromatic rings. The number of carbonyl (C=O) groups excluding carboxylic acids is 1. The number of benzene rings is 2. The van der Waals surface area contributed by atoms with Crippen molar-refractivity contribution in [3.8, 4) is 5.75 Å². The largest absolute Gasteiger partial charge is 0.482 e. The van der Waals surface area contributed by atoms with Crippen LogP contribution in [0.1, 0.15) is 11.1 Å². The highest BCUT2D eigenvalue weighted by atomic mass is 16.6. The Labute approximate surface area is 153 Å². The van der Waals surface area contributed by atoms with E-state index in [4.69, 9.17) is 20.3 Å². The van der Waals surface area contributed by atoms with Gasteiger partial charge in [0.25, 0.3) is 5.69 Å². The van der Waals surface area contributed by atoms with Crippen LogP contribution >= 0.6 is 0 Å². The Morgan fingerprint density at radius 3 is 2.52 bits per heavy atom. The van der Waals surface area contributed by atoms with Crippen molar-refractivity contribution in [3.63, 3.8) is 0 Å². The maximum atomic E-state index is 11.7. The third-order valence-corrected chi connectivity index (χ3v) is 3.21. The molecule has 0 aliphatic heterocycles. The first-order valence-corrected chi connectivity index (χ1v) is 7.54. The second kappa shape index (κ2) is 8.94. The lowest BCUT2D eigenvalue weighted by Crippen LogP contribution is -2.16. The van der Waals surface area contributed by atoms with E-state index in [0.717, 1.165) is 0 Å². The van der Waals surface area contributed by atoms with Crippen LogP contribution in [0.5, 0.6) is 5.75 Å². The predicted molar refractivity (Wildman–Crippen MR) is 93.6 cm³/mol. The van der Waals surface area contributed by atoms with Crippen LogP contribution in [0.15, 0.2) is 53.5 Å². The van der Waals surface area contributed by atoms with E-state index in [-0.39, 0.29) is 23.7 Å². The van der Waals surface area contributed by atoms with Gasteiger partial charge in [-0.3, -0.25) is 10.1 Å². The second-order valence-electron chi connectivity index (χ2n) is 5.19. The van der Waals surface area contributed by atoms with E-state index in [1.807, 2.05) is 0 Å². The molecule has 0 fully saturated rings. The fourth-order valence-corrected chi connectivity index (χ4v) is 1.95. The number of non-ortho nitro benzene ring substituents is 1. The molecule has 0 aliphatic carbocycles. The van der Waals surface area contributed by atoms with Crippen molar-refractivity contribution in [2.75, 3.05) is 6.61 Å². The molecule has 10 nitrogen and oxygen atoms in total. The molecule has 0 aromatic heterocycles. The molecule has 27 heavy (non-hydrogen) atoms. The van der Waals surface area contributed by atoms with Gasteiger partial charge < -0.3 is 20.3 Å². The Balaban J connectivity index is 1.93. The summed E-state index contributed by atoms with van der Waals surface area (Å²) in [6.07, 6.45) is -0.954. The van der Waals surface area contributed by atoms with Crippen LogP contribution in [0.4, 0.5) is 10.5 Å². The summed E-state index contributed by atoms with van der Waals surface area (Å²) in [5.74, 6) is -0.936. The zero-order valence-electron chi connectivity index (χ0n) is 13.9. The SMILES string of the molecule is N/C(=N\C(=O)OCc1ccc(OCC(=O)O)cc1)c1cccc([N+](=O)[O-])c1. The molecule has 0 aliphatic rings. The van der Waals surface area contributed by atoms with Crippen LogP contribution in [0, 0.1) is 10.1 Å². The second-order valence-corrected chi connectivity index (χ2v) is 5.19. The highest BCUT2D eigenvalue weighted by Crippen LogP contribution is 2.14. The van der Waals surface area contributed by atoms with Crippen molar-refractivity contribution >= 4 is 23.6 Å². The van der Waals surface area contributed by atoms with Crippen LogP contribution in [0.3, 0.4) is 0 Å². The number of nitro benzene ring substituents is 1. The number of hydrogen-bond donors (Lipinski definition) is 2. The van der Waals surface area contributed by atoms with Crippen molar-refractivity contribution in [2.45, 2.75) is 6.61 Å². The van der Waals surface area contributed by atoms with Gasteiger partial charge in [0.2, 0.25) is 0 Å². The summed E-state index contributed by atoms with van der Waals surface area (Å²) in [6, 6.07) is 11.7. The molecule has 10 heteroatoms. The predicted octanol–water partition coefficient (Wildman–Crippen LogP) is 2.10. The number of rotatable bonds is 7. The smallest absolute Gasteiger partial charge is 0.435 e. The first-order valence-electron chi connectivity index (χ1n) is 7.54. The number of amides is 1. The fraction of sp³-hybridized carbons (Fsp3) is 0.118. The standard InChI is InChI=1S/C17H15N3O7/c18-16(12-2-1-3-13(8-12)20(24)25)19-17(23)27-9-11-4-6-14(7-5-11)26-10-15(21)22/h1-8H,9-10H2,(H,21,22)(H2,18,19,23). The van der Waals surface area contributed by atoms with E-state index in [9.17, 15) is 19.7 Å². The number of nitro groups is 1. The molecule has 0 heterocycles. The lowest BCUT2D eigenvalue weighted by atomic mass is 10.2. The van der Waals surface area contributed by atoms with Gasteiger partial charge in [0.15, 0.2) is 6.61 Å². The zero-order valence-corrected chi connectivity index (χ0v) is 13.9. The number of aliphatic imine (C=N–C) groups is 1. The van der Waals surface area contributed by atoms with Gasteiger partial charge in [-0.2, -0.15) is 4.99 Å². The molecule has 140 valence electrons. The number of nitrogens with zero attached hydrogens (tertiary/aromatic N) is 2. The van der Waals surface area contributed by atoms with Gasteiger partial charge >= 0.3 is 12.1 Å². The Morgan fingerprint density at radius 1 is 1.19 bits per heavy atom. The minimum Gasteiger partial charge on any atom is -0.482 e. The molecule has 2 aromatic carbocycles. The topological polar surface area (TPSA) is 154 Å². The van der Waals surface area contributed by atoms with Crippen molar-refractivity contribution in [2.24, 2.45) is 10.7 Å². The average molecular weight is 373 g/mol. The molecular weight excluding hydrogens is 358 g/mol. The Morgan fingerprint density at radius 2 is 1.89 bits per heavy atom. The number of ether oxygens (including phenoxy) is 2. The van der Waals surface area contributed by atoms with Crippen molar-refractivity contribution < 1.29 is 29.1 Å². The van der Waals surface area contributed by atoms with Crippen molar-refractivity contribution in [1.82, 2.24) is 0 Å². The number of carboxylic acids is 1. The first-order chi connectivity index (χ1) is 12.8. The van der Waals surface area contributed by atoms with Gasteiger partial charge in [-0.1, -0.05) is 24.3 Å². The lowest BCUT2D eigenvalue weighted by molar-refractivity contribution is -0.384. The third kappa shape index (κ3) is 6.12. The van der Waals surface area contributed by atoms with Gasteiger partial charge in [-0.05, 0) is 17.7 Å². The highest BCUT2D eigenvalue weighted by molar-refractivity contribution is 6.03. The van der Waals surface area contributed by atoms with E-state index in [1.54, 1.807) is 12.1 Å². The zero-order chi connectivity index (χ0) is 19.8. The highest BCUT2D eigenvalue weighted by Gasteiger charge is 2.10. The maximum absolute atomic E-state index is 11.7. The Kier molecular flexibility index (Phi) is 6.42. The summed E-state index contributed by atoms with van der Waals surface area (Å²) < 4.78 is 9.94. The summed E-state index contributed by atoms with van der Waals surface area (Å²) in [5, 5.41) is 19.3. The molecule has 0 saturated carbocycles. The summed E-state index contributed by atoms with van der Waals surface area (Å²) in [4.78, 5) is 35.9. The van der Waals surface area contributed by atoms with Gasteiger partial charge in [-0.15, -0.1) is 0 Å². The molecule has 1 amide bonds. The average Bonchev–Trinajstić information content (AvgIpc) is 2.65. The fourth-order valence-electron chi connectivity index (χ4n) is 1.95.